The van der Waals surface area contributed by atoms with Gasteiger partial charge in [-0.05, 0) is 26.8 Å². The maximum atomic E-state index is 11.4. The maximum Gasteiger partial charge on any atom is 0.252 e. The molecule has 2 aromatic rings. The molecule has 18 heavy (non-hydrogen) atoms. The van der Waals surface area contributed by atoms with E-state index in [2.05, 4.69) is 9.97 Å². The molecule has 2 rings (SSSR count). The monoisotopic (exact) mass is 245 g/mol. The highest BCUT2D eigenvalue weighted by molar-refractivity contribution is 5.99. The van der Waals surface area contributed by atoms with Crippen LogP contribution in [0, 0.1) is 6.92 Å². The third kappa shape index (κ3) is 2.40. The molecule has 0 unspecified atom stereocenters. The van der Waals surface area contributed by atoms with Crippen LogP contribution < -0.4 is 10.5 Å². The maximum absolute atomic E-state index is 11.4. The van der Waals surface area contributed by atoms with Crippen molar-refractivity contribution in [2.45, 2.75) is 26.9 Å². The van der Waals surface area contributed by atoms with E-state index >= 15 is 0 Å². The van der Waals surface area contributed by atoms with Crippen LogP contribution in [0.3, 0.4) is 0 Å². The molecule has 0 aliphatic carbocycles. The van der Waals surface area contributed by atoms with E-state index in [0.717, 1.165) is 10.9 Å². The van der Waals surface area contributed by atoms with E-state index in [-0.39, 0.29) is 6.10 Å². The van der Waals surface area contributed by atoms with Gasteiger partial charge in [0.15, 0.2) is 0 Å². The van der Waals surface area contributed by atoms with Gasteiger partial charge in [-0.25, -0.2) is 9.97 Å². The predicted molar refractivity (Wildman–Crippen MR) is 68.6 cm³/mol. The van der Waals surface area contributed by atoms with Crippen molar-refractivity contribution in [3.63, 3.8) is 0 Å². The third-order valence-corrected chi connectivity index (χ3v) is 2.43. The molecule has 1 aromatic carbocycles. The van der Waals surface area contributed by atoms with Crippen molar-refractivity contribution >= 4 is 16.8 Å². The lowest BCUT2D eigenvalue weighted by Crippen LogP contribution is -2.15. The Morgan fingerprint density at radius 3 is 2.72 bits per heavy atom. The van der Waals surface area contributed by atoms with E-state index in [1.807, 2.05) is 20.8 Å². The molecule has 0 fully saturated rings. The molecule has 94 valence electrons. The van der Waals surface area contributed by atoms with E-state index in [0.29, 0.717) is 17.1 Å². The van der Waals surface area contributed by atoms with Crippen molar-refractivity contribution in [2.24, 2.45) is 5.73 Å². The van der Waals surface area contributed by atoms with Gasteiger partial charge in [0.2, 0.25) is 0 Å². The number of hydrogen-bond acceptors (Lipinski definition) is 4. The van der Waals surface area contributed by atoms with Crippen LogP contribution in [0.5, 0.6) is 5.75 Å². The fourth-order valence-corrected chi connectivity index (χ4v) is 1.70. The molecule has 2 N–H and O–H groups in total. The highest BCUT2D eigenvalue weighted by Gasteiger charge is 2.13. The highest BCUT2D eigenvalue weighted by Crippen LogP contribution is 2.25. The number of primary amides is 1. The molecule has 1 heterocycles. The molecule has 5 heteroatoms. The lowest BCUT2D eigenvalue weighted by molar-refractivity contribution is 0.0995. The number of nitrogens with two attached hydrogens (primary N) is 1. The molecular weight excluding hydrogens is 230 g/mol. The average Bonchev–Trinajstić information content (AvgIpc) is 2.26. The fourth-order valence-electron chi connectivity index (χ4n) is 1.70. The SMILES string of the molecule is Cc1ncc2cc(C(N)=O)c(OC(C)C)cc2n1. The topological polar surface area (TPSA) is 78.1 Å². The zero-order valence-corrected chi connectivity index (χ0v) is 10.6. The summed E-state index contributed by atoms with van der Waals surface area (Å²) in [6, 6.07) is 3.39. The van der Waals surface area contributed by atoms with E-state index in [1.54, 1.807) is 18.3 Å². The zero-order chi connectivity index (χ0) is 13.3. The summed E-state index contributed by atoms with van der Waals surface area (Å²) in [6.45, 7) is 5.59. The predicted octanol–water partition coefficient (Wildman–Crippen LogP) is 1.82. The summed E-state index contributed by atoms with van der Waals surface area (Å²) in [5.41, 5.74) is 6.44. The minimum Gasteiger partial charge on any atom is -0.490 e. The number of aromatic nitrogens is 2. The number of fused-ring (bicyclic) bond motifs is 1. The van der Waals surface area contributed by atoms with Crippen LogP contribution in [0.15, 0.2) is 18.3 Å². The Balaban J connectivity index is 2.64. The Morgan fingerprint density at radius 1 is 1.39 bits per heavy atom. The summed E-state index contributed by atoms with van der Waals surface area (Å²) in [5, 5.41) is 0.769. The van der Waals surface area contributed by atoms with Crippen molar-refractivity contribution in [3.8, 4) is 5.75 Å². The standard InChI is InChI=1S/C13H15N3O2/c1-7(2)18-12-5-11-9(4-10(12)13(14)17)6-15-8(3)16-11/h4-7H,1-3H3,(H2,14,17). The molecule has 0 aliphatic heterocycles. The van der Waals surface area contributed by atoms with Crippen molar-refractivity contribution < 1.29 is 9.53 Å². The van der Waals surface area contributed by atoms with Crippen LogP contribution in [-0.2, 0) is 0 Å². The minimum atomic E-state index is -0.520. The van der Waals surface area contributed by atoms with E-state index < -0.39 is 5.91 Å². The van der Waals surface area contributed by atoms with Gasteiger partial charge < -0.3 is 10.5 Å². The molecule has 1 aromatic heterocycles. The Labute approximate surface area is 105 Å². The van der Waals surface area contributed by atoms with Crippen LogP contribution in [0.2, 0.25) is 0 Å². The van der Waals surface area contributed by atoms with Gasteiger partial charge in [0.05, 0.1) is 17.2 Å². The molecule has 0 aliphatic rings. The van der Waals surface area contributed by atoms with Crippen molar-refractivity contribution in [1.82, 2.24) is 9.97 Å². The molecule has 0 bridgehead atoms. The largest absolute Gasteiger partial charge is 0.490 e. The van der Waals surface area contributed by atoms with Gasteiger partial charge in [-0.1, -0.05) is 0 Å². The van der Waals surface area contributed by atoms with Crippen LogP contribution in [0.4, 0.5) is 0 Å². The lowest BCUT2D eigenvalue weighted by atomic mass is 10.1. The van der Waals surface area contributed by atoms with E-state index in [1.165, 1.54) is 0 Å². The van der Waals surface area contributed by atoms with Crippen LogP contribution >= 0.6 is 0 Å². The number of aryl methyl sites for hydroxylation is 1. The molecule has 0 spiro atoms. The number of carbonyl (C=O) groups is 1. The summed E-state index contributed by atoms with van der Waals surface area (Å²) in [4.78, 5) is 19.8. The first-order valence-corrected chi connectivity index (χ1v) is 5.71. The molecule has 0 saturated heterocycles. The fraction of sp³-hybridized carbons (Fsp3) is 0.308. The Hall–Kier alpha value is -2.17. The number of benzene rings is 1. The molecule has 5 nitrogen and oxygen atoms in total. The van der Waals surface area contributed by atoms with Gasteiger partial charge in [-0.3, -0.25) is 4.79 Å². The Bertz CT molecular complexity index is 608. The first-order valence-electron chi connectivity index (χ1n) is 5.71. The van der Waals surface area contributed by atoms with Crippen molar-refractivity contribution in [2.75, 3.05) is 0 Å². The second kappa shape index (κ2) is 4.60. The summed E-state index contributed by atoms with van der Waals surface area (Å²) < 4.78 is 5.59. The number of carbonyl (C=O) groups excluding carboxylic acids is 1. The average molecular weight is 245 g/mol. The second-order valence-electron chi connectivity index (χ2n) is 4.36. The van der Waals surface area contributed by atoms with Crippen LogP contribution in [-0.4, -0.2) is 22.0 Å². The molecule has 0 radical (unpaired) electrons. The van der Waals surface area contributed by atoms with Gasteiger partial charge in [-0.2, -0.15) is 0 Å². The molecule has 1 amide bonds. The first-order chi connectivity index (χ1) is 8.47. The number of ether oxygens (including phenoxy) is 1. The Kier molecular flexibility index (Phi) is 3.14. The molecular formula is C13H15N3O2. The summed E-state index contributed by atoms with van der Waals surface area (Å²) in [7, 11) is 0. The summed E-state index contributed by atoms with van der Waals surface area (Å²) >= 11 is 0. The molecule has 0 atom stereocenters. The second-order valence-corrected chi connectivity index (χ2v) is 4.36. The zero-order valence-electron chi connectivity index (χ0n) is 10.6. The summed E-state index contributed by atoms with van der Waals surface area (Å²) in [6.07, 6.45) is 1.63. The quantitative estimate of drug-likeness (QED) is 0.894. The van der Waals surface area contributed by atoms with Gasteiger partial charge >= 0.3 is 0 Å². The summed E-state index contributed by atoms with van der Waals surface area (Å²) in [5.74, 6) is 0.612. The van der Waals surface area contributed by atoms with Crippen molar-refractivity contribution in [1.29, 1.82) is 0 Å². The van der Waals surface area contributed by atoms with Gasteiger partial charge in [0.1, 0.15) is 11.6 Å². The number of rotatable bonds is 3. The van der Waals surface area contributed by atoms with Gasteiger partial charge in [0, 0.05) is 17.6 Å². The van der Waals surface area contributed by atoms with Gasteiger partial charge in [0.25, 0.3) is 5.91 Å². The Morgan fingerprint density at radius 2 is 2.11 bits per heavy atom. The minimum absolute atomic E-state index is 0.0384. The highest BCUT2D eigenvalue weighted by atomic mass is 16.5. The van der Waals surface area contributed by atoms with Crippen LogP contribution in [0.1, 0.15) is 30.0 Å². The normalized spacial score (nSPS) is 10.9. The van der Waals surface area contributed by atoms with Gasteiger partial charge in [-0.15, -0.1) is 0 Å². The van der Waals surface area contributed by atoms with Crippen LogP contribution in [0.25, 0.3) is 10.9 Å². The number of amides is 1. The van der Waals surface area contributed by atoms with Crippen molar-refractivity contribution in [3.05, 3.63) is 29.7 Å². The number of nitrogens with zero attached hydrogens (tertiary/aromatic N) is 2. The molecule has 0 saturated carbocycles. The van der Waals surface area contributed by atoms with E-state index in [4.69, 9.17) is 10.5 Å². The first kappa shape index (κ1) is 12.3. The lowest BCUT2D eigenvalue weighted by Gasteiger charge is -2.13. The third-order valence-electron chi connectivity index (χ3n) is 2.43. The number of hydrogen-bond donors (Lipinski definition) is 1. The smallest absolute Gasteiger partial charge is 0.252 e. The van der Waals surface area contributed by atoms with E-state index in [9.17, 15) is 4.79 Å².